The maximum absolute atomic E-state index is 5.12. The Bertz CT molecular complexity index is 3210. The Morgan fingerprint density at radius 3 is 1.62 bits per heavy atom. The van der Waals surface area contributed by atoms with E-state index in [2.05, 4.69) is 143 Å². The first-order valence-electron chi connectivity index (χ1n) is 18.5. The zero-order chi connectivity index (χ0) is 36.3. The molecule has 0 aliphatic carbocycles. The molecule has 0 saturated heterocycles. The molecule has 11 rings (SSSR count). The van der Waals surface area contributed by atoms with E-state index in [-0.39, 0.29) is 0 Å². The van der Waals surface area contributed by atoms with Crippen LogP contribution in [0.2, 0.25) is 0 Å². The summed E-state index contributed by atoms with van der Waals surface area (Å²) in [7, 11) is 0. The summed E-state index contributed by atoms with van der Waals surface area (Å²) in [5.41, 5.74) is 8.31. The van der Waals surface area contributed by atoms with Gasteiger partial charge in [-0.3, -0.25) is 4.98 Å². The molecule has 0 bridgehead atoms. The fourth-order valence-electron chi connectivity index (χ4n) is 8.15. The molecule has 0 spiro atoms. The number of para-hydroxylation sites is 2. The van der Waals surface area contributed by atoms with E-state index in [0.717, 1.165) is 39.0 Å². The van der Waals surface area contributed by atoms with Gasteiger partial charge in [-0.1, -0.05) is 146 Å². The van der Waals surface area contributed by atoms with Crippen molar-refractivity contribution < 1.29 is 0 Å². The van der Waals surface area contributed by atoms with Crippen LogP contribution >= 0.6 is 0 Å². The second-order valence-corrected chi connectivity index (χ2v) is 13.8. The lowest BCUT2D eigenvalue weighted by atomic mass is 9.91. The van der Waals surface area contributed by atoms with Gasteiger partial charge in [0.05, 0.1) is 16.7 Å². The van der Waals surface area contributed by atoms with Crippen molar-refractivity contribution >= 4 is 54.1 Å². The van der Waals surface area contributed by atoms with E-state index in [1.807, 2.05) is 54.7 Å². The van der Waals surface area contributed by atoms with Gasteiger partial charge in [-0.2, -0.15) is 0 Å². The third kappa shape index (κ3) is 5.09. The number of hydrogen-bond donors (Lipinski definition) is 0. The van der Waals surface area contributed by atoms with Crippen molar-refractivity contribution in [1.82, 2.24) is 24.5 Å². The summed E-state index contributed by atoms with van der Waals surface area (Å²) in [6.45, 7) is 0. The molecule has 0 aliphatic rings. The molecule has 0 fully saturated rings. The van der Waals surface area contributed by atoms with Gasteiger partial charge >= 0.3 is 0 Å². The lowest BCUT2D eigenvalue weighted by molar-refractivity contribution is 1.07. The highest BCUT2D eigenvalue weighted by Gasteiger charge is 2.20. The zero-order valence-corrected chi connectivity index (χ0v) is 29.6. The SMILES string of the molecule is c1ccc(-c2nc(-c3ccc(-c4ccccn4)cc3)nc(-c3ccc4c(c3)c3ccccc3c3c4ccc4c5ccccc5n(-c5ccccc5)c43)n2)cc1. The first-order valence-corrected chi connectivity index (χ1v) is 18.5. The Hall–Kier alpha value is -7.50. The Balaban J connectivity index is 1.14. The largest absolute Gasteiger partial charge is 0.309 e. The quantitative estimate of drug-likeness (QED) is 0.168. The van der Waals surface area contributed by atoms with Gasteiger partial charge in [0.1, 0.15) is 0 Å². The van der Waals surface area contributed by atoms with Gasteiger partial charge in [-0.05, 0) is 63.3 Å². The van der Waals surface area contributed by atoms with Crippen molar-refractivity contribution in [3.05, 3.63) is 188 Å². The van der Waals surface area contributed by atoms with Crippen LogP contribution in [0.1, 0.15) is 0 Å². The van der Waals surface area contributed by atoms with Crippen LogP contribution < -0.4 is 0 Å². The molecule has 55 heavy (non-hydrogen) atoms. The minimum absolute atomic E-state index is 0.621. The van der Waals surface area contributed by atoms with Crippen LogP contribution in [0, 0.1) is 0 Å². The highest BCUT2D eigenvalue weighted by molar-refractivity contribution is 6.33. The minimum atomic E-state index is 0.621. The van der Waals surface area contributed by atoms with E-state index in [9.17, 15) is 0 Å². The number of nitrogens with zero attached hydrogens (tertiary/aromatic N) is 5. The van der Waals surface area contributed by atoms with E-state index in [1.54, 1.807) is 0 Å². The summed E-state index contributed by atoms with van der Waals surface area (Å²) in [4.78, 5) is 19.7. The molecule has 11 aromatic rings. The van der Waals surface area contributed by atoms with Crippen LogP contribution in [0.4, 0.5) is 0 Å². The molecule has 3 aromatic heterocycles. The average Bonchev–Trinajstić information content (AvgIpc) is 3.61. The summed E-state index contributed by atoms with van der Waals surface area (Å²) >= 11 is 0. The van der Waals surface area contributed by atoms with E-state index in [0.29, 0.717) is 17.5 Å². The van der Waals surface area contributed by atoms with Gasteiger partial charge in [0.2, 0.25) is 0 Å². The predicted molar refractivity (Wildman–Crippen MR) is 226 cm³/mol. The summed E-state index contributed by atoms with van der Waals surface area (Å²) in [5.74, 6) is 1.88. The third-order valence-electron chi connectivity index (χ3n) is 10.7. The zero-order valence-electron chi connectivity index (χ0n) is 29.6. The van der Waals surface area contributed by atoms with Crippen molar-refractivity contribution in [2.24, 2.45) is 0 Å². The topological polar surface area (TPSA) is 56.5 Å². The molecule has 0 amide bonds. The molecule has 5 heteroatoms. The maximum atomic E-state index is 5.12. The fourth-order valence-corrected chi connectivity index (χ4v) is 8.15. The van der Waals surface area contributed by atoms with E-state index in [4.69, 9.17) is 15.0 Å². The summed E-state index contributed by atoms with van der Waals surface area (Å²) in [5, 5.41) is 9.69. The number of fused-ring (bicyclic) bond motifs is 10. The lowest BCUT2D eigenvalue weighted by Crippen LogP contribution is -2.00. The second-order valence-electron chi connectivity index (χ2n) is 13.8. The normalized spacial score (nSPS) is 11.6. The van der Waals surface area contributed by atoms with Gasteiger partial charge in [0, 0.05) is 50.3 Å². The first kappa shape index (κ1) is 31.1. The molecule has 256 valence electrons. The van der Waals surface area contributed by atoms with Crippen molar-refractivity contribution in [1.29, 1.82) is 0 Å². The van der Waals surface area contributed by atoms with Gasteiger partial charge in [-0.15, -0.1) is 0 Å². The lowest BCUT2D eigenvalue weighted by Gasteiger charge is -2.15. The first-order chi connectivity index (χ1) is 27.3. The standard InChI is InChI=1S/C50H31N5/c1-3-13-33(14-4-1)48-52-49(34-24-22-32(23-25-34)44-20-11-12-30-51-44)54-50(53-48)35-26-27-38-41-28-29-42-39-18-9-10-21-45(39)55(36-15-5-2-6-16-36)47(42)46(41)40-19-8-7-17-37(40)43(38)31-35/h1-31H. The van der Waals surface area contributed by atoms with Crippen LogP contribution in [0.15, 0.2) is 188 Å². The Labute approximate surface area is 316 Å². The van der Waals surface area contributed by atoms with Crippen molar-refractivity contribution in [3.8, 4) is 51.1 Å². The average molecular weight is 702 g/mol. The number of benzene rings is 8. The molecule has 0 aliphatic heterocycles. The van der Waals surface area contributed by atoms with Crippen molar-refractivity contribution in [2.45, 2.75) is 0 Å². The maximum Gasteiger partial charge on any atom is 0.164 e. The van der Waals surface area contributed by atoms with Gasteiger partial charge in [0.25, 0.3) is 0 Å². The summed E-state index contributed by atoms with van der Waals surface area (Å²) in [6.07, 6.45) is 1.81. The Morgan fingerprint density at radius 1 is 0.345 bits per heavy atom. The molecule has 5 nitrogen and oxygen atoms in total. The minimum Gasteiger partial charge on any atom is -0.309 e. The third-order valence-corrected chi connectivity index (χ3v) is 10.7. The van der Waals surface area contributed by atoms with Crippen LogP contribution in [0.5, 0.6) is 0 Å². The molecule has 0 saturated carbocycles. The highest BCUT2D eigenvalue weighted by Crippen LogP contribution is 2.43. The highest BCUT2D eigenvalue weighted by atomic mass is 15.0. The molecule has 3 heterocycles. The van der Waals surface area contributed by atoms with Crippen LogP contribution in [0.25, 0.3) is 105 Å². The van der Waals surface area contributed by atoms with Crippen LogP contribution in [-0.2, 0) is 0 Å². The second kappa shape index (κ2) is 12.6. The van der Waals surface area contributed by atoms with Crippen LogP contribution in [-0.4, -0.2) is 24.5 Å². The Morgan fingerprint density at radius 2 is 0.873 bits per heavy atom. The molecule has 0 radical (unpaired) electrons. The number of pyridine rings is 1. The summed E-state index contributed by atoms with van der Waals surface area (Å²) < 4.78 is 2.43. The van der Waals surface area contributed by atoms with E-state index in [1.165, 1.54) is 48.7 Å². The van der Waals surface area contributed by atoms with Gasteiger partial charge < -0.3 is 4.57 Å². The smallest absolute Gasteiger partial charge is 0.164 e. The number of aromatic nitrogens is 5. The molecule has 0 atom stereocenters. The van der Waals surface area contributed by atoms with E-state index < -0.39 is 0 Å². The molecular weight excluding hydrogens is 671 g/mol. The van der Waals surface area contributed by atoms with E-state index >= 15 is 0 Å². The number of hydrogen-bond acceptors (Lipinski definition) is 4. The molecule has 0 unspecified atom stereocenters. The summed E-state index contributed by atoms with van der Waals surface area (Å²) in [6, 6.07) is 63.8. The monoisotopic (exact) mass is 701 g/mol. The van der Waals surface area contributed by atoms with Crippen molar-refractivity contribution in [2.75, 3.05) is 0 Å². The molecular formula is C50H31N5. The fraction of sp³-hybridized carbons (Fsp3) is 0. The molecule has 8 aromatic carbocycles. The van der Waals surface area contributed by atoms with Crippen LogP contribution in [0.3, 0.4) is 0 Å². The van der Waals surface area contributed by atoms with Gasteiger partial charge in [-0.25, -0.2) is 15.0 Å². The Kier molecular flexibility index (Phi) is 7.10. The van der Waals surface area contributed by atoms with Crippen molar-refractivity contribution in [3.63, 3.8) is 0 Å². The predicted octanol–water partition coefficient (Wildman–Crippen LogP) is 12.5. The molecule has 0 N–H and O–H groups in total. The number of rotatable bonds is 5. The van der Waals surface area contributed by atoms with Gasteiger partial charge in [0.15, 0.2) is 17.5 Å².